The summed E-state index contributed by atoms with van der Waals surface area (Å²) in [5.41, 5.74) is 1.50. The van der Waals surface area contributed by atoms with Crippen LogP contribution in [-0.4, -0.2) is 39.6 Å². The first kappa shape index (κ1) is 23.1. The molecule has 0 amide bonds. The average Bonchev–Trinajstić information content (AvgIpc) is 2.89. The first-order valence-electron chi connectivity index (χ1n) is 11.7. The van der Waals surface area contributed by atoms with Crippen molar-refractivity contribution in [3.63, 3.8) is 0 Å². The van der Waals surface area contributed by atoms with E-state index in [1.54, 1.807) is 12.1 Å². The van der Waals surface area contributed by atoms with Crippen molar-refractivity contribution in [2.24, 2.45) is 5.41 Å². The van der Waals surface area contributed by atoms with Crippen LogP contribution in [0, 0.1) is 5.41 Å². The molecular weight excluding hydrogens is 435 g/mol. The third-order valence-corrected chi connectivity index (χ3v) is 9.62. The van der Waals surface area contributed by atoms with Crippen molar-refractivity contribution >= 4 is 17.0 Å². The smallest absolute Gasteiger partial charge is 0.403 e. The van der Waals surface area contributed by atoms with Gasteiger partial charge in [0, 0.05) is 12.1 Å². The molecule has 4 fully saturated rings. The van der Waals surface area contributed by atoms with E-state index in [0.717, 1.165) is 12.8 Å². The Labute approximate surface area is 197 Å². The number of hydrogen-bond donors (Lipinski definition) is 0. The summed E-state index contributed by atoms with van der Waals surface area (Å²) in [6.45, 7) is 9.61. The van der Waals surface area contributed by atoms with Gasteiger partial charge in [0.15, 0.2) is 9.84 Å². The first-order chi connectivity index (χ1) is 15.4. The van der Waals surface area contributed by atoms with Crippen LogP contribution in [0.15, 0.2) is 59.5 Å². The lowest BCUT2D eigenvalue weighted by Gasteiger charge is -2.77. The zero-order valence-electron chi connectivity index (χ0n) is 20.1. The van der Waals surface area contributed by atoms with E-state index >= 15 is 0 Å². The van der Waals surface area contributed by atoms with E-state index in [4.69, 9.17) is 14.0 Å². The van der Waals surface area contributed by atoms with Crippen molar-refractivity contribution in [2.45, 2.75) is 74.5 Å². The number of hydrogen-bond acceptors (Lipinski definition) is 5. The molecule has 2 aromatic rings. The third kappa shape index (κ3) is 3.59. The Balaban J connectivity index is 1.39. The van der Waals surface area contributed by atoms with Gasteiger partial charge in [-0.2, -0.15) is 0 Å². The lowest BCUT2D eigenvalue weighted by Crippen LogP contribution is -2.75. The van der Waals surface area contributed by atoms with Crippen LogP contribution in [0.5, 0.6) is 0 Å². The molecule has 4 aliphatic rings. The summed E-state index contributed by atoms with van der Waals surface area (Å²) in [5, 5.41) is 0. The minimum Gasteiger partial charge on any atom is -0.403 e. The highest BCUT2D eigenvalue weighted by molar-refractivity contribution is 7.90. The van der Waals surface area contributed by atoms with Gasteiger partial charge in [-0.3, -0.25) is 0 Å². The molecule has 7 heteroatoms. The Morgan fingerprint density at radius 3 is 2.06 bits per heavy atom. The van der Waals surface area contributed by atoms with Crippen LogP contribution >= 0.6 is 0 Å². The molecule has 1 unspecified atom stereocenters. The minimum absolute atomic E-state index is 0.0193. The number of ether oxygens (including phenoxy) is 1. The van der Waals surface area contributed by atoms with Crippen molar-refractivity contribution in [2.75, 3.05) is 12.9 Å². The van der Waals surface area contributed by atoms with Crippen LogP contribution in [0.1, 0.15) is 51.7 Å². The fourth-order valence-corrected chi connectivity index (χ4v) is 6.73. The Morgan fingerprint density at radius 1 is 0.939 bits per heavy atom. The van der Waals surface area contributed by atoms with E-state index in [-0.39, 0.29) is 23.8 Å². The van der Waals surface area contributed by atoms with Gasteiger partial charge in [-0.1, -0.05) is 42.5 Å². The fourth-order valence-electron chi connectivity index (χ4n) is 6.10. The molecule has 33 heavy (non-hydrogen) atoms. The molecule has 5 nitrogen and oxygen atoms in total. The molecule has 1 aliphatic heterocycles. The largest absolute Gasteiger partial charge is 0.462 e. The standard InChI is InChI=1S/C26H33BO5S/c1-23(2)24(3,4)32-27(31-23)22-25(18-30-15-19-9-7-6-8-10-19)16-26(22,17-25)20-11-13-21(14-12-20)33(5,28)29/h6-14,22H,15-18H2,1-5H3. The van der Waals surface area contributed by atoms with Crippen molar-refractivity contribution in [1.82, 2.24) is 0 Å². The summed E-state index contributed by atoms with van der Waals surface area (Å²) < 4.78 is 43.1. The number of sulfone groups is 1. The number of rotatable bonds is 7. The highest BCUT2D eigenvalue weighted by Crippen LogP contribution is 2.82. The van der Waals surface area contributed by atoms with Gasteiger partial charge < -0.3 is 14.0 Å². The normalized spacial score (nSPS) is 31.7. The zero-order chi connectivity index (χ0) is 23.7. The van der Waals surface area contributed by atoms with E-state index in [1.165, 1.54) is 17.4 Å². The van der Waals surface area contributed by atoms with Crippen LogP contribution in [0.2, 0.25) is 5.82 Å². The van der Waals surface area contributed by atoms with Gasteiger partial charge in [-0.05, 0) is 74.6 Å². The minimum atomic E-state index is -3.22. The van der Waals surface area contributed by atoms with Crippen molar-refractivity contribution < 1.29 is 22.5 Å². The predicted molar refractivity (Wildman–Crippen MR) is 129 cm³/mol. The van der Waals surface area contributed by atoms with Gasteiger partial charge in [-0.25, -0.2) is 8.42 Å². The molecule has 0 aromatic heterocycles. The summed E-state index contributed by atoms with van der Waals surface area (Å²) in [6.07, 6.45) is 3.25. The van der Waals surface area contributed by atoms with Crippen LogP contribution < -0.4 is 0 Å². The lowest BCUT2D eigenvalue weighted by molar-refractivity contribution is -0.190. The van der Waals surface area contributed by atoms with Gasteiger partial charge in [-0.15, -0.1) is 0 Å². The second-order valence-corrected chi connectivity index (χ2v) is 13.3. The molecule has 1 atom stereocenters. The average molecular weight is 468 g/mol. The predicted octanol–water partition coefficient (Wildman–Crippen LogP) is 4.80. The molecule has 3 saturated carbocycles. The SMILES string of the molecule is CC1(C)OB(C2C3(COCc4ccccc4)CC2(c2ccc(S(C)(=O)=O)cc2)C3)OC1(C)C. The molecule has 3 aliphatic carbocycles. The highest BCUT2D eigenvalue weighted by Gasteiger charge is 2.81. The maximum Gasteiger partial charge on any atom is 0.462 e. The monoisotopic (exact) mass is 468 g/mol. The highest BCUT2D eigenvalue weighted by atomic mass is 32.2. The first-order valence-corrected chi connectivity index (χ1v) is 13.6. The summed E-state index contributed by atoms with van der Waals surface area (Å²) in [4.78, 5) is 0.353. The van der Waals surface area contributed by atoms with E-state index in [9.17, 15) is 8.42 Å². The van der Waals surface area contributed by atoms with E-state index in [2.05, 4.69) is 39.8 Å². The maximum atomic E-state index is 11.9. The molecule has 1 heterocycles. The Morgan fingerprint density at radius 2 is 1.52 bits per heavy atom. The van der Waals surface area contributed by atoms with E-state index in [1.807, 2.05) is 30.3 Å². The second-order valence-electron chi connectivity index (χ2n) is 11.2. The topological polar surface area (TPSA) is 61.8 Å². The summed E-state index contributed by atoms with van der Waals surface area (Å²) in [7, 11) is -3.53. The third-order valence-electron chi connectivity index (χ3n) is 8.49. The second kappa shape index (κ2) is 7.41. The van der Waals surface area contributed by atoms with Crippen LogP contribution in [-0.2, 0) is 35.9 Å². The molecule has 2 bridgehead atoms. The van der Waals surface area contributed by atoms with Gasteiger partial charge in [0.1, 0.15) is 0 Å². The molecule has 6 rings (SSSR count). The number of benzene rings is 2. The zero-order valence-corrected chi connectivity index (χ0v) is 20.9. The summed E-state index contributed by atoms with van der Waals surface area (Å²) in [5.74, 6) is 0.172. The molecule has 176 valence electrons. The molecule has 0 spiro atoms. The summed E-state index contributed by atoms with van der Waals surface area (Å²) >= 11 is 0. The Bertz CT molecular complexity index is 1120. The van der Waals surface area contributed by atoms with Gasteiger partial charge >= 0.3 is 7.12 Å². The van der Waals surface area contributed by atoms with Gasteiger partial charge in [0.05, 0.1) is 29.3 Å². The van der Waals surface area contributed by atoms with Gasteiger partial charge in [0.2, 0.25) is 0 Å². The molecule has 2 aromatic carbocycles. The molecule has 0 N–H and O–H groups in total. The molecule has 0 radical (unpaired) electrons. The quantitative estimate of drug-likeness (QED) is 0.547. The van der Waals surface area contributed by atoms with Crippen LogP contribution in [0.3, 0.4) is 0 Å². The molecular formula is C26H33BO5S. The maximum absolute atomic E-state index is 11.9. The van der Waals surface area contributed by atoms with Crippen LogP contribution in [0.4, 0.5) is 0 Å². The van der Waals surface area contributed by atoms with Crippen molar-refractivity contribution in [1.29, 1.82) is 0 Å². The van der Waals surface area contributed by atoms with Crippen molar-refractivity contribution in [3.8, 4) is 0 Å². The fraction of sp³-hybridized carbons (Fsp3) is 0.538. The molecule has 1 saturated heterocycles. The Kier molecular flexibility index (Phi) is 5.19. The van der Waals surface area contributed by atoms with Crippen molar-refractivity contribution in [3.05, 3.63) is 65.7 Å². The van der Waals surface area contributed by atoms with E-state index < -0.39 is 21.0 Å². The summed E-state index contributed by atoms with van der Waals surface area (Å²) in [6, 6.07) is 17.6. The lowest BCUT2D eigenvalue weighted by atomic mass is 9.20. The Hall–Kier alpha value is -1.67. The van der Waals surface area contributed by atoms with Gasteiger partial charge in [0.25, 0.3) is 0 Å². The van der Waals surface area contributed by atoms with E-state index in [0.29, 0.717) is 18.1 Å². The van der Waals surface area contributed by atoms with Crippen LogP contribution in [0.25, 0.3) is 0 Å².